The summed E-state index contributed by atoms with van der Waals surface area (Å²) in [6.45, 7) is 1.20. The average molecular weight is 382 g/mol. The smallest absolute Gasteiger partial charge is 0.414 e. The van der Waals surface area contributed by atoms with Gasteiger partial charge in [0.2, 0.25) is 0 Å². The third kappa shape index (κ3) is 3.67. The van der Waals surface area contributed by atoms with E-state index in [1.54, 1.807) is 28.0 Å². The van der Waals surface area contributed by atoms with E-state index in [4.69, 9.17) is 14.7 Å². The van der Waals surface area contributed by atoms with Crippen molar-refractivity contribution in [2.75, 3.05) is 6.61 Å². The second kappa shape index (κ2) is 7.19. The van der Waals surface area contributed by atoms with E-state index >= 15 is 0 Å². The first kappa shape index (κ1) is 17.2. The summed E-state index contributed by atoms with van der Waals surface area (Å²) in [5.41, 5.74) is 1.69. The van der Waals surface area contributed by atoms with E-state index in [0.29, 0.717) is 25.3 Å². The fourth-order valence-electron chi connectivity index (χ4n) is 2.78. The summed E-state index contributed by atoms with van der Waals surface area (Å²) in [5, 5.41) is 19.7. The number of fused-ring (bicyclic) bond motifs is 1. The molecule has 1 aliphatic heterocycles. The predicted octanol–water partition coefficient (Wildman–Crippen LogP) is 3.37. The zero-order valence-electron chi connectivity index (χ0n) is 14.1. The summed E-state index contributed by atoms with van der Waals surface area (Å²) >= 11 is 1.62. The highest BCUT2D eigenvalue weighted by Gasteiger charge is 2.28. The predicted molar refractivity (Wildman–Crippen MR) is 97.4 cm³/mol. The summed E-state index contributed by atoms with van der Waals surface area (Å²) in [7, 11) is 0. The van der Waals surface area contributed by atoms with E-state index in [-0.39, 0.29) is 17.9 Å². The van der Waals surface area contributed by atoms with Gasteiger partial charge >= 0.3 is 11.8 Å². The fourth-order valence-corrected chi connectivity index (χ4v) is 3.72. The fraction of sp³-hybridized carbons (Fsp3) is 0.222. The van der Waals surface area contributed by atoms with Crippen molar-refractivity contribution in [3.63, 3.8) is 0 Å². The second-order valence-electron chi connectivity index (χ2n) is 5.99. The molecule has 0 radical (unpaired) electrons. The zero-order valence-corrected chi connectivity index (χ0v) is 14.9. The largest absolute Gasteiger partial charge is 0.443 e. The van der Waals surface area contributed by atoms with Gasteiger partial charge in [0.1, 0.15) is 18.9 Å². The van der Waals surface area contributed by atoms with Crippen LogP contribution in [-0.2, 0) is 17.9 Å². The van der Waals surface area contributed by atoms with E-state index < -0.39 is 4.92 Å². The maximum absolute atomic E-state index is 10.8. The number of benzene rings is 1. The van der Waals surface area contributed by atoms with Crippen LogP contribution in [0.3, 0.4) is 0 Å². The number of hydrogen-bond acceptors (Lipinski definition) is 7. The maximum Gasteiger partial charge on any atom is 0.414 e. The number of ether oxygens (including phenoxy) is 2. The Morgan fingerprint density at radius 2 is 2.19 bits per heavy atom. The molecule has 0 unspecified atom stereocenters. The minimum atomic E-state index is -0.541. The van der Waals surface area contributed by atoms with Gasteiger partial charge in [-0.05, 0) is 34.8 Å². The third-order valence-electron chi connectivity index (χ3n) is 4.13. The van der Waals surface area contributed by atoms with Gasteiger partial charge in [0.25, 0.3) is 0 Å². The lowest BCUT2D eigenvalue weighted by Crippen LogP contribution is -2.32. The molecule has 0 saturated heterocycles. The molecule has 0 spiro atoms. The van der Waals surface area contributed by atoms with Crippen LogP contribution < -0.4 is 4.74 Å². The highest BCUT2D eigenvalue weighted by Crippen LogP contribution is 2.29. The van der Waals surface area contributed by atoms with Gasteiger partial charge in [0, 0.05) is 14.7 Å². The number of hydrogen-bond donors (Lipinski definition) is 0. The zero-order chi connectivity index (χ0) is 18.8. The van der Waals surface area contributed by atoms with E-state index in [1.165, 1.54) is 6.20 Å². The number of nitrogens with zero attached hydrogens (tertiary/aromatic N) is 4. The van der Waals surface area contributed by atoms with Gasteiger partial charge < -0.3 is 19.6 Å². The molecule has 9 heteroatoms. The molecule has 1 atom stereocenters. The van der Waals surface area contributed by atoms with Gasteiger partial charge in [-0.3, -0.25) is 4.57 Å². The molecule has 0 amide bonds. The summed E-state index contributed by atoms with van der Waals surface area (Å²) in [6.07, 6.45) is 1.16. The Hall–Kier alpha value is -3.22. The van der Waals surface area contributed by atoms with Crippen LogP contribution in [0.5, 0.6) is 6.01 Å². The van der Waals surface area contributed by atoms with Crippen molar-refractivity contribution in [2.45, 2.75) is 19.3 Å². The summed E-state index contributed by atoms with van der Waals surface area (Å²) < 4.78 is 13.0. The van der Waals surface area contributed by atoms with Crippen LogP contribution in [0, 0.1) is 21.4 Å². The first-order valence-electron chi connectivity index (χ1n) is 8.17. The van der Waals surface area contributed by atoms with Gasteiger partial charge in [0.05, 0.1) is 24.8 Å². The molecule has 0 N–H and O–H groups in total. The molecule has 136 valence electrons. The quantitative estimate of drug-likeness (QED) is 0.495. The van der Waals surface area contributed by atoms with Crippen LogP contribution in [0.25, 0.3) is 10.4 Å². The summed E-state index contributed by atoms with van der Waals surface area (Å²) in [5.74, 6) is -0.226. The first-order valence-corrected chi connectivity index (χ1v) is 8.99. The number of thiophene rings is 1. The van der Waals surface area contributed by atoms with Crippen molar-refractivity contribution in [1.29, 1.82) is 5.26 Å². The number of aromatic nitrogens is 2. The molecular weight excluding hydrogens is 368 g/mol. The molecular formula is C18H14N4O4S. The topological polar surface area (TPSA) is 103 Å². The van der Waals surface area contributed by atoms with Crippen molar-refractivity contribution >= 4 is 17.2 Å². The molecule has 8 nitrogen and oxygen atoms in total. The number of imidazole rings is 1. The van der Waals surface area contributed by atoms with Crippen molar-refractivity contribution in [1.82, 2.24) is 9.55 Å². The Bertz CT molecular complexity index is 1020. The van der Waals surface area contributed by atoms with Crippen LogP contribution in [0.15, 0.2) is 42.6 Å². The van der Waals surface area contributed by atoms with Gasteiger partial charge in [0.15, 0.2) is 0 Å². The molecule has 1 aromatic carbocycles. The van der Waals surface area contributed by atoms with E-state index in [2.05, 4.69) is 11.1 Å². The molecule has 27 heavy (non-hydrogen) atoms. The van der Waals surface area contributed by atoms with Crippen LogP contribution in [0.1, 0.15) is 10.4 Å². The molecule has 1 aliphatic rings. The summed E-state index contributed by atoms with van der Waals surface area (Å²) in [6, 6.07) is 13.8. The molecule has 2 aromatic heterocycles. The van der Waals surface area contributed by atoms with Crippen molar-refractivity contribution < 1.29 is 14.4 Å². The van der Waals surface area contributed by atoms with Crippen molar-refractivity contribution in [2.24, 2.45) is 0 Å². The van der Waals surface area contributed by atoms with Crippen LogP contribution in [0.2, 0.25) is 0 Å². The lowest BCUT2D eigenvalue weighted by Gasteiger charge is -2.22. The molecule has 0 fully saturated rings. The molecule has 3 aromatic rings. The lowest BCUT2D eigenvalue weighted by atomic mass is 10.1. The Labute approximate surface area is 158 Å². The maximum atomic E-state index is 10.8. The highest BCUT2D eigenvalue weighted by molar-refractivity contribution is 7.15. The Morgan fingerprint density at radius 1 is 1.37 bits per heavy atom. The normalized spacial score (nSPS) is 15.6. The molecule has 0 aliphatic carbocycles. The lowest BCUT2D eigenvalue weighted by molar-refractivity contribution is -0.389. The Kier molecular flexibility index (Phi) is 4.58. The van der Waals surface area contributed by atoms with Crippen molar-refractivity contribution in [3.8, 4) is 22.5 Å². The van der Waals surface area contributed by atoms with E-state index in [9.17, 15) is 10.1 Å². The Balaban J connectivity index is 1.37. The van der Waals surface area contributed by atoms with Gasteiger partial charge in [-0.15, -0.1) is 11.3 Å². The highest BCUT2D eigenvalue weighted by atomic mass is 32.1. The monoisotopic (exact) mass is 382 g/mol. The SMILES string of the molecule is N#Cc1ccc(-c2ccc(CO[C@@H]3COc4nc([N+](=O)[O-])cn4C3)s2)cc1. The number of rotatable bonds is 5. The van der Waals surface area contributed by atoms with Gasteiger partial charge in [-0.1, -0.05) is 12.1 Å². The third-order valence-corrected chi connectivity index (χ3v) is 5.24. The van der Waals surface area contributed by atoms with Crippen LogP contribution in [0.4, 0.5) is 5.82 Å². The van der Waals surface area contributed by atoms with Crippen LogP contribution >= 0.6 is 11.3 Å². The molecule has 4 rings (SSSR count). The van der Waals surface area contributed by atoms with Gasteiger partial charge in [-0.2, -0.15) is 5.26 Å². The first-order chi connectivity index (χ1) is 13.1. The standard InChI is InChI=1S/C18H14N4O4S/c19-7-12-1-3-13(4-2-12)16-6-5-15(27-16)11-25-14-8-21-9-17(22(23)24)20-18(21)26-10-14/h1-6,9,14H,8,10-11H2/t14-/m0/s1. The molecule has 0 saturated carbocycles. The minimum absolute atomic E-state index is 0.202. The average Bonchev–Trinajstić information content (AvgIpc) is 3.33. The summed E-state index contributed by atoms with van der Waals surface area (Å²) in [4.78, 5) is 16.2. The van der Waals surface area contributed by atoms with Gasteiger partial charge in [-0.25, -0.2) is 0 Å². The van der Waals surface area contributed by atoms with E-state index in [0.717, 1.165) is 15.3 Å². The minimum Gasteiger partial charge on any atom is -0.443 e. The van der Waals surface area contributed by atoms with E-state index in [1.807, 2.05) is 24.3 Å². The number of nitriles is 1. The molecule has 0 bridgehead atoms. The van der Waals surface area contributed by atoms with Crippen molar-refractivity contribution in [3.05, 3.63) is 63.1 Å². The molecule has 3 heterocycles. The van der Waals surface area contributed by atoms with Crippen LogP contribution in [-0.4, -0.2) is 27.2 Å². The number of nitro groups is 1. The second-order valence-corrected chi connectivity index (χ2v) is 7.16. The Morgan fingerprint density at radius 3 is 2.93 bits per heavy atom.